The number of nitro groups is 1. The summed E-state index contributed by atoms with van der Waals surface area (Å²) in [7, 11) is 0. The molecular formula is C15H16N2O3. The lowest BCUT2D eigenvalue weighted by Crippen LogP contribution is -2.06. The van der Waals surface area contributed by atoms with Gasteiger partial charge in [-0.3, -0.25) is 10.1 Å². The van der Waals surface area contributed by atoms with Crippen molar-refractivity contribution in [2.45, 2.75) is 19.9 Å². The van der Waals surface area contributed by atoms with Crippen LogP contribution in [0.3, 0.4) is 0 Å². The summed E-state index contributed by atoms with van der Waals surface area (Å²) in [6.07, 6.45) is 0. The fourth-order valence-electron chi connectivity index (χ4n) is 1.92. The minimum Gasteiger partial charge on any atom is -0.508 e. The van der Waals surface area contributed by atoms with Crippen molar-refractivity contribution in [2.75, 3.05) is 5.32 Å². The highest BCUT2D eigenvalue weighted by atomic mass is 16.6. The van der Waals surface area contributed by atoms with Crippen molar-refractivity contribution in [1.29, 1.82) is 0 Å². The first kappa shape index (κ1) is 13.9. The molecule has 2 N–H and O–H groups in total. The standard InChI is InChI=1S/C15H16N2O3/c1-10-3-6-13(9-15(10)18)16-11(2)12-4-7-14(8-5-12)17(19)20/h3-9,11,16,18H,1-2H3. The van der Waals surface area contributed by atoms with Crippen LogP contribution < -0.4 is 5.32 Å². The summed E-state index contributed by atoms with van der Waals surface area (Å²) in [5.41, 5.74) is 2.64. The summed E-state index contributed by atoms with van der Waals surface area (Å²) < 4.78 is 0. The summed E-state index contributed by atoms with van der Waals surface area (Å²) in [5.74, 6) is 0.242. The molecule has 0 saturated heterocycles. The Bertz CT molecular complexity index is 624. The average Bonchev–Trinajstić information content (AvgIpc) is 2.43. The number of nitrogens with one attached hydrogen (secondary N) is 1. The summed E-state index contributed by atoms with van der Waals surface area (Å²) in [5, 5.41) is 23.5. The number of phenolic OH excluding ortho intramolecular Hbond substituents is 1. The van der Waals surface area contributed by atoms with Crippen LogP contribution >= 0.6 is 0 Å². The molecule has 2 rings (SSSR count). The van der Waals surface area contributed by atoms with Crippen molar-refractivity contribution in [3.05, 3.63) is 63.7 Å². The monoisotopic (exact) mass is 272 g/mol. The van der Waals surface area contributed by atoms with Crippen LogP contribution in [0, 0.1) is 17.0 Å². The zero-order chi connectivity index (χ0) is 14.7. The lowest BCUT2D eigenvalue weighted by Gasteiger charge is -2.16. The van der Waals surface area contributed by atoms with Crippen LogP contribution in [0.5, 0.6) is 5.75 Å². The summed E-state index contributed by atoms with van der Waals surface area (Å²) in [6, 6.07) is 11.8. The maximum atomic E-state index is 10.6. The van der Waals surface area contributed by atoms with Crippen molar-refractivity contribution in [1.82, 2.24) is 0 Å². The van der Waals surface area contributed by atoms with E-state index < -0.39 is 4.92 Å². The number of hydrogen-bond acceptors (Lipinski definition) is 4. The Morgan fingerprint density at radius 2 is 1.85 bits per heavy atom. The quantitative estimate of drug-likeness (QED) is 0.656. The van der Waals surface area contributed by atoms with Crippen molar-refractivity contribution in [3.8, 4) is 5.75 Å². The number of benzene rings is 2. The molecular weight excluding hydrogens is 256 g/mol. The Kier molecular flexibility index (Phi) is 3.89. The van der Waals surface area contributed by atoms with Gasteiger partial charge in [0, 0.05) is 29.9 Å². The van der Waals surface area contributed by atoms with Gasteiger partial charge in [0.1, 0.15) is 5.75 Å². The number of anilines is 1. The third-order valence-corrected chi connectivity index (χ3v) is 3.20. The molecule has 0 spiro atoms. The van der Waals surface area contributed by atoms with Crippen LogP contribution in [0.4, 0.5) is 11.4 Å². The Hall–Kier alpha value is -2.56. The van der Waals surface area contributed by atoms with Gasteiger partial charge in [-0.15, -0.1) is 0 Å². The molecule has 20 heavy (non-hydrogen) atoms. The highest BCUT2D eigenvalue weighted by Crippen LogP contribution is 2.25. The molecule has 5 nitrogen and oxygen atoms in total. The van der Waals surface area contributed by atoms with Crippen LogP contribution in [0.2, 0.25) is 0 Å². The molecule has 0 aromatic heterocycles. The van der Waals surface area contributed by atoms with Gasteiger partial charge in [-0.25, -0.2) is 0 Å². The fraction of sp³-hybridized carbons (Fsp3) is 0.200. The predicted molar refractivity (Wildman–Crippen MR) is 78.0 cm³/mol. The maximum Gasteiger partial charge on any atom is 0.269 e. The number of aryl methyl sites for hydroxylation is 1. The van der Waals surface area contributed by atoms with Gasteiger partial charge in [0.2, 0.25) is 0 Å². The number of nitro benzene ring substituents is 1. The van der Waals surface area contributed by atoms with E-state index in [-0.39, 0.29) is 17.5 Å². The van der Waals surface area contributed by atoms with Gasteiger partial charge in [-0.1, -0.05) is 18.2 Å². The molecule has 0 amide bonds. The minimum absolute atomic E-state index is 0.0158. The number of non-ortho nitro benzene ring substituents is 1. The second-order valence-corrected chi connectivity index (χ2v) is 4.72. The van der Waals surface area contributed by atoms with Crippen molar-refractivity contribution in [3.63, 3.8) is 0 Å². The van der Waals surface area contributed by atoms with E-state index in [2.05, 4.69) is 5.32 Å². The van der Waals surface area contributed by atoms with Crippen molar-refractivity contribution >= 4 is 11.4 Å². The Labute approximate surface area is 117 Å². The lowest BCUT2D eigenvalue weighted by molar-refractivity contribution is -0.384. The lowest BCUT2D eigenvalue weighted by atomic mass is 10.1. The largest absolute Gasteiger partial charge is 0.508 e. The van der Waals surface area contributed by atoms with E-state index in [0.717, 1.165) is 16.8 Å². The van der Waals surface area contributed by atoms with E-state index in [1.54, 1.807) is 18.2 Å². The normalized spacial score (nSPS) is 11.9. The number of aromatic hydroxyl groups is 1. The van der Waals surface area contributed by atoms with Crippen LogP contribution in [0.15, 0.2) is 42.5 Å². The molecule has 5 heteroatoms. The SMILES string of the molecule is Cc1ccc(NC(C)c2ccc([N+](=O)[O-])cc2)cc1O. The van der Waals surface area contributed by atoms with E-state index >= 15 is 0 Å². The molecule has 1 atom stereocenters. The molecule has 0 heterocycles. The zero-order valence-corrected chi connectivity index (χ0v) is 11.3. The van der Waals surface area contributed by atoms with Gasteiger partial charge in [0.25, 0.3) is 5.69 Å². The summed E-state index contributed by atoms with van der Waals surface area (Å²) in [4.78, 5) is 10.2. The van der Waals surface area contributed by atoms with E-state index in [1.165, 1.54) is 12.1 Å². The minimum atomic E-state index is -0.417. The Balaban J connectivity index is 2.12. The second-order valence-electron chi connectivity index (χ2n) is 4.72. The van der Waals surface area contributed by atoms with Crippen molar-refractivity contribution < 1.29 is 10.0 Å². The third kappa shape index (κ3) is 3.06. The molecule has 0 radical (unpaired) electrons. The highest BCUT2D eigenvalue weighted by Gasteiger charge is 2.09. The van der Waals surface area contributed by atoms with Gasteiger partial charge in [-0.05, 0) is 31.0 Å². The molecule has 0 fully saturated rings. The molecule has 0 bridgehead atoms. The molecule has 0 aliphatic rings. The van der Waals surface area contributed by atoms with Crippen LogP contribution in [0.1, 0.15) is 24.1 Å². The molecule has 104 valence electrons. The number of rotatable bonds is 4. The van der Waals surface area contributed by atoms with E-state index in [0.29, 0.717) is 0 Å². The van der Waals surface area contributed by atoms with Crippen LogP contribution in [-0.4, -0.2) is 10.0 Å². The zero-order valence-electron chi connectivity index (χ0n) is 11.3. The molecule has 2 aromatic rings. The van der Waals surface area contributed by atoms with Gasteiger partial charge in [0.15, 0.2) is 0 Å². The van der Waals surface area contributed by atoms with Gasteiger partial charge in [0.05, 0.1) is 4.92 Å². The predicted octanol–water partition coefficient (Wildman–Crippen LogP) is 3.78. The Morgan fingerprint density at radius 3 is 2.40 bits per heavy atom. The maximum absolute atomic E-state index is 10.6. The second kappa shape index (κ2) is 5.61. The number of phenols is 1. The van der Waals surface area contributed by atoms with E-state index in [9.17, 15) is 15.2 Å². The molecule has 2 aromatic carbocycles. The topological polar surface area (TPSA) is 75.4 Å². The molecule has 1 unspecified atom stereocenters. The van der Waals surface area contributed by atoms with Gasteiger partial charge < -0.3 is 10.4 Å². The van der Waals surface area contributed by atoms with Crippen LogP contribution in [-0.2, 0) is 0 Å². The number of hydrogen-bond donors (Lipinski definition) is 2. The molecule has 0 aliphatic carbocycles. The first-order chi connectivity index (χ1) is 9.47. The highest BCUT2D eigenvalue weighted by molar-refractivity contribution is 5.52. The van der Waals surface area contributed by atoms with E-state index in [1.807, 2.05) is 26.0 Å². The first-order valence-corrected chi connectivity index (χ1v) is 6.28. The molecule has 0 saturated carbocycles. The Morgan fingerprint density at radius 1 is 1.20 bits per heavy atom. The summed E-state index contributed by atoms with van der Waals surface area (Å²) in [6.45, 7) is 3.79. The first-order valence-electron chi connectivity index (χ1n) is 6.28. The smallest absolute Gasteiger partial charge is 0.269 e. The fourth-order valence-corrected chi connectivity index (χ4v) is 1.92. The van der Waals surface area contributed by atoms with Gasteiger partial charge >= 0.3 is 0 Å². The van der Waals surface area contributed by atoms with Crippen LogP contribution in [0.25, 0.3) is 0 Å². The molecule has 0 aliphatic heterocycles. The van der Waals surface area contributed by atoms with E-state index in [4.69, 9.17) is 0 Å². The third-order valence-electron chi connectivity index (χ3n) is 3.20. The average molecular weight is 272 g/mol. The number of nitrogens with zero attached hydrogens (tertiary/aromatic N) is 1. The summed E-state index contributed by atoms with van der Waals surface area (Å²) >= 11 is 0. The van der Waals surface area contributed by atoms with Gasteiger partial charge in [-0.2, -0.15) is 0 Å². The van der Waals surface area contributed by atoms with Crippen molar-refractivity contribution in [2.24, 2.45) is 0 Å².